The predicted octanol–water partition coefficient (Wildman–Crippen LogP) is 4.32. The van der Waals surface area contributed by atoms with E-state index in [2.05, 4.69) is 25.4 Å². The summed E-state index contributed by atoms with van der Waals surface area (Å²) in [6, 6.07) is 8.64. The van der Waals surface area contributed by atoms with Gasteiger partial charge in [-0.15, -0.1) is 5.10 Å². The van der Waals surface area contributed by atoms with Gasteiger partial charge in [0, 0.05) is 54.3 Å². The molecule has 0 aliphatic carbocycles. The zero-order valence-corrected chi connectivity index (χ0v) is 22.2. The van der Waals surface area contributed by atoms with Crippen LogP contribution in [-0.2, 0) is 30.1 Å². The summed E-state index contributed by atoms with van der Waals surface area (Å²) >= 11 is 0. The van der Waals surface area contributed by atoms with Crippen molar-refractivity contribution >= 4 is 11.6 Å². The van der Waals surface area contributed by atoms with Crippen LogP contribution < -0.4 is 10.1 Å². The van der Waals surface area contributed by atoms with Gasteiger partial charge in [0.05, 0.1) is 38.1 Å². The number of anilines is 1. The molecule has 3 heterocycles. The molecule has 0 unspecified atom stereocenters. The maximum atomic E-state index is 13.8. The van der Waals surface area contributed by atoms with Crippen LogP contribution in [0.3, 0.4) is 0 Å². The number of carbonyl (C=O) groups is 1. The molecule has 0 fully saturated rings. The zero-order valence-electron chi connectivity index (χ0n) is 22.2. The summed E-state index contributed by atoms with van der Waals surface area (Å²) in [5.41, 5.74) is 3.49. The number of nitrogens with one attached hydrogen (secondary N) is 1. The number of aryl methyl sites for hydroxylation is 1. The van der Waals surface area contributed by atoms with Gasteiger partial charge in [0.2, 0.25) is 11.8 Å². The molecule has 1 aromatic carbocycles. The van der Waals surface area contributed by atoms with Crippen molar-refractivity contribution in [3.05, 3.63) is 83.3 Å². The topological polar surface area (TPSA) is 115 Å². The maximum Gasteiger partial charge on any atom is 0.272 e. The molecule has 39 heavy (non-hydrogen) atoms. The minimum Gasteiger partial charge on any atom is -0.480 e. The van der Waals surface area contributed by atoms with E-state index in [1.807, 2.05) is 30.5 Å². The molecule has 0 aliphatic rings. The average molecular weight is 537 g/mol. The number of hydrogen-bond donors (Lipinski definition) is 2. The third-order valence-electron chi connectivity index (χ3n) is 5.99. The van der Waals surface area contributed by atoms with Crippen molar-refractivity contribution in [3.63, 3.8) is 0 Å². The van der Waals surface area contributed by atoms with Crippen molar-refractivity contribution in [3.8, 4) is 17.0 Å². The first kappa shape index (κ1) is 27.8. The first-order chi connectivity index (χ1) is 18.5. The van der Waals surface area contributed by atoms with E-state index >= 15 is 0 Å². The van der Waals surface area contributed by atoms with Gasteiger partial charge < -0.3 is 15.2 Å². The first-order valence-electron chi connectivity index (χ1n) is 12.3. The molecule has 4 rings (SSSR count). The number of pyridine rings is 1. The largest absolute Gasteiger partial charge is 0.480 e. The number of rotatable bonds is 10. The first-order valence-corrected chi connectivity index (χ1v) is 12.3. The van der Waals surface area contributed by atoms with Crippen molar-refractivity contribution in [2.45, 2.75) is 52.2 Å². The van der Waals surface area contributed by atoms with Crippen LogP contribution in [0, 0.1) is 6.92 Å². The highest BCUT2D eigenvalue weighted by Crippen LogP contribution is 2.30. The van der Waals surface area contributed by atoms with Crippen molar-refractivity contribution in [1.29, 1.82) is 0 Å². The monoisotopic (exact) mass is 536 g/mol. The number of aliphatic hydroxyl groups excluding tert-OH is 1. The number of nitrogens with zero attached hydrogens (tertiary/aromatic N) is 5. The standard InChI is InChI=1S/C28H30F2N6O3/c1-17(37)15-36-16-21(27(35-36)39-4)10-25-32-12-22(13-33-25)20-7-5-19(6-8-20)9-26(38)34-23-11-24(28(3,29)30)18(2)31-14-23/h5-8,11-14,16-17,37H,9-10,15H2,1-4H3,(H,34,38)/t17-/m0/s1. The number of ether oxygens (including phenoxy) is 1. The Morgan fingerprint density at radius 3 is 2.44 bits per heavy atom. The van der Waals surface area contributed by atoms with E-state index < -0.39 is 12.0 Å². The predicted molar refractivity (Wildman–Crippen MR) is 142 cm³/mol. The number of halogens is 2. The maximum absolute atomic E-state index is 13.8. The number of methoxy groups -OCH3 is 1. The van der Waals surface area contributed by atoms with E-state index in [1.165, 1.54) is 19.2 Å². The number of carbonyl (C=O) groups excluding carboxylic acids is 1. The van der Waals surface area contributed by atoms with Crippen LogP contribution in [0.1, 0.15) is 42.1 Å². The molecule has 0 spiro atoms. The Balaban J connectivity index is 1.38. The molecular weight excluding hydrogens is 506 g/mol. The van der Waals surface area contributed by atoms with Crippen LogP contribution in [0.15, 0.2) is 55.1 Å². The summed E-state index contributed by atoms with van der Waals surface area (Å²) in [7, 11) is 1.54. The van der Waals surface area contributed by atoms with Gasteiger partial charge in [0.1, 0.15) is 5.82 Å². The van der Waals surface area contributed by atoms with Gasteiger partial charge in [-0.2, -0.15) is 0 Å². The second-order valence-corrected chi connectivity index (χ2v) is 9.47. The summed E-state index contributed by atoms with van der Waals surface area (Å²) < 4.78 is 34.5. The molecule has 0 saturated carbocycles. The second kappa shape index (κ2) is 11.6. The molecule has 2 N–H and O–H groups in total. The van der Waals surface area contributed by atoms with Gasteiger partial charge in [-0.05, 0) is 31.0 Å². The fourth-order valence-corrected chi connectivity index (χ4v) is 4.12. The van der Waals surface area contributed by atoms with E-state index in [9.17, 15) is 18.7 Å². The van der Waals surface area contributed by atoms with Gasteiger partial charge in [0.25, 0.3) is 5.92 Å². The number of aliphatic hydroxyl groups is 1. The van der Waals surface area contributed by atoms with E-state index in [0.717, 1.165) is 29.2 Å². The quantitative estimate of drug-likeness (QED) is 0.310. The number of aromatic nitrogens is 5. The van der Waals surface area contributed by atoms with Crippen molar-refractivity contribution < 1.29 is 23.4 Å². The molecule has 3 aromatic heterocycles. The molecule has 11 heteroatoms. The molecule has 0 aliphatic heterocycles. The average Bonchev–Trinajstić information content (AvgIpc) is 3.25. The lowest BCUT2D eigenvalue weighted by Crippen LogP contribution is -2.16. The lowest BCUT2D eigenvalue weighted by Gasteiger charge is -2.15. The Hall–Kier alpha value is -4.25. The third kappa shape index (κ3) is 7.20. The highest BCUT2D eigenvalue weighted by Gasteiger charge is 2.27. The van der Waals surface area contributed by atoms with Crippen LogP contribution in [0.2, 0.25) is 0 Å². The van der Waals surface area contributed by atoms with Gasteiger partial charge in [-0.1, -0.05) is 24.3 Å². The summed E-state index contributed by atoms with van der Waals surface area (Å²) in [5.74, 6) is -2.33. The minimum atomic E-state index is -3.05. The molecule has 9 nitrogen and oxygen atoms in total. The van der Waals surface area contributed by atoms with Gasteiger partial charge in [-0.25, -0.2) is 18.7 Å². The Morgan fingerprint density at radius 1 is 1.13 bits per heavy atom. The Bertz CT molecular complexity index is 1430. The van der Waals surface area contributed by atoms with Crippen LogP contribution in [0.25, 0.3) is 11.1 Å². The summed E-state index contributed by atoms with van der Waals surface area (Å²) in [6.07, 6.45) is 6.59. The SMILES string of the molecule is COc1nn(C[C@H](C)O)cc1Cc1ncc(-c2ccc(CC(=O)Nc3cnc(C)c(C(C)(F)F)c3)cc2)cn1. The Labute approximate surface area is 224 Å². The smallest absolute Gasteiger partial charge is 0.272 e. The molecule has 1 atom stereocenters. The Kier molecular flexibility index (Phi) is 8.29. The molecule has 204 valence electrons. The van der Waals surface area contributed by atoms with E-state index in [4.69, 9.17) is 4.74 Å². The number of benzene rings is 1. The van der Waals surface area contributed by atoms with Gasteiger partial charge in [-0.3, -0.25) is 14.5 Å². The third-order valence-corrected chi connectivity index (χ3v) is 5.99. The van der Waals surface area contributed by atoms with Crippen molar-refractivity contribution in [2.75, 3.05) is 12.4 Å². The fourth-order valence-electron chi connectivity index (χ4n) is 4.12. The summed E-state index contributed by atoms with van der Waals surface area (Å²) in [5, 5.41) is 16.6. The highest BCUT2D eigenvalue weighted by atomic mass is 19.3. The molecule has 0 saturated heterocycles. The van der Waals surface area contributed by atoms with Crippen molar-refractivity contribution in [1.82, 2.24) is 24.7 Å². The van der Waals surface area contributed by atoms with Gasteiger partial charge in [0.15, 0.2) is 0 Å². The van der Waals surface area contributed by atoms with Crippen LogP contribution >= 0.6 is 0 Å². The van der Waals surface area contributed by atoms with Crippen LogP contribution in [0.4, 0.5) is 14.5 Å². The fraction of sp³-hybridized carbons (Fsp3) is 0.321. The highest BCUT2D eigenvalue weighted by molar-refractivity contribution is 5.92. The lowest BCUT2D eigenvalue weighted by atomic mass is 10.0. The summed E-state index contributed by atoms with van der Waals surface area (Å²) in [6.45, 7) is 4.35. The normalized spacial score (nSPS) is 12.3. The molecule has 0 radical (unpaired) electrons. The number of alkyl halides is 2. The number of amides is 1. The summed E-state index contributed by atoms with van der Waals surface area (Å²) in [4.78, 5) is 25.4. The van der Waals surface area contributed by atoms with E-state index in [1.54, 1.807) is 31.1 Å². The van der Waals surface area contributed by atoms with E-state index in [0.29, 0.717) is 24.7 Å². The molecule has 1 amide bonds. The number of hydrogen-bond acceptors (Lipinski definition) is 7. The van der Waals surface area contributed by atoms with Gasteiger partial charge >= 0.3 is 0 Å². The second-order valence-electron chi connectivity index (χ2n) is 9.47. The molecule has 4 aromatic rings. The molecule has 0 bridgehead atoms. The minimum absolute atomic E-state index is 0.0754. The lowest BCUT2D eigenvalue weighted by molar-refractivity contribution is -0.115. The zero-order chi connectivity index (χ0) is 28.2. The van der Waals surface area contributed by atoms with Crippen LogP contribution in [0.5, 0.6) is 5.88 Å². The van der Waals surface area contributed by atoms with E-state index in [-0.39, 0.29) is 29.3 Å². The van der Waals surface area contributed by atoms with Crippen LogP contribution in [-0.4, -0.2) is 49.0 Å². The van der Waals surface area contributed by atoms with Crippen molar-refractivity contribution in [2.24, 2.45) is 0 Å². The molecular formula is C28H30F2N6O3. The Morgan fingerprint density at radius 2 is 1.82 bits per heavy atom.